The van der Waals surface area contributed by atoms with Crippen LogP contribution >= 0.6 is 34.8 Å². The molecule has 0 amide bonds. The molecule has 0 aliphatic heterocycles. The van der Waals surface area contributed by atoms with Crippen molar-refractivity contribution in [3.63, 3.8) is 0 Å². The minimum Gasteiger partial charge on any atom is -0.423 e. The molecule has 0 aliphatic carbocycles. The lowest BCUT2D eigenvalue weighted by atomic mass is 10.3. The van der Waals surface area contributed by atoms with Crippen LogP contribution in [-0.4, -0.2) is 27.3 Å². The Kier molecular flexibility index (Phi) is 6.90. The summed E-state index contributed by atoms with van der Waals surface area (Å²) < 4.78 is 34.3. The molecule has 1 aromatic rings. The van der Waals surface area contributed by atoms with Crippen molar-refractivity contribution in [2.75, 3.05) is 0 Å². The van der Waals surface area contributed by atoms with E-state index in [9.17, 15) is 4.79 Å². The van der Waals surface area contributed by atoms with Gasteiger partial charge in [0, 0.05) is 0 Å². The lowest BCUT2D eigenvalue weighted by Crippen LogP contribution is -2.24. The first kappa shape index (κ1) is 17.4. The van der Waals surface area contributed by atoms with Gasteiger partial charge in [-0.1, -0.05) is 53.0 Å². The Morgan fingerprint density at radius 2 is 1.50 bits per heavy atom. The SMILES string of the molecule is O=C(Oc1ccccc1)C(Cl)(Cl)Cl.O=S(=O)(O)O. The lowest BCUT2D eigenvalue weighted by molar-refractivity contribution is -0.133. The fraction of sp³-hybridized carbons (Fsp3) is 0.125. The van der Waals surface area contributed by atoms with Crippen LogP contribution in [0.25, 0.3) is 0 Å². The Morgan fingerprint density at radius 3 is 1.83 bits per heavy atom. The maximum absolute atomic E-state index is 11.0. The molecule has 0 spiro atoms. The molecule has 0 unspecified atom stereocenters. The zero-order valence-corrected chi connectivity index (χ0v) is 11.5. The van der Waals surface area contributed by atoms with Crippen LogP contribution in [0, 0.1) is 0 Å². The second kappa shape index (κ2) is 7.13. The standard InChI is InChI=1S/C8H5Cl3O2.H2O4S/c9-8(10,11)7(12)13-6-4-2-1-3-5-6;1-5(2,3)4/h1-5H;(H2,1,2,3,4). The monoisotopic (exact) mass is 336 g/mol. The maximum Gasteiger partial charge on any atom is 0.394 e. The number of ether oxygens (including phenoxy) is 1. The Labute approximate surface area is 118 Å². The van der Waals surface area contributed by atoms with Crippen molar-refractivity contribution in [1.82, 2.24) is 0 Å². The summed E-state index contributed by atoms with van der Waals surface area (Å²) in [6, 6.07) is 8.39. The highest BCUT2D eigenvalue weighted by molar-refractivity contribution is 7.79. The van der Waals surface area contributed by atoms with Gasteiger partial charge in [-0.2, -0.15) is 8.42 Å². The van der Waals surface area contributed by atoms with Crippen LogP contribution in [0.4, 0.5) is 0 Å². The van der Waals surface area contributed by atoms with Gasteiger partial charge in [-0.05, 0) is 12.1 Å². The molecule has 0 saturated carbocycles. The van der Waals surface area contributed by atoms with E-state index in [0.29, 0.717) is 5.75 Å². The number of alkyl halides is 3. The van der Waals surface area contributed by atoms with Crippen LogP contribution in [0.3, 0.4) is 0 Å². The molecular formula is C8H7Cl3O6S. The van der Waals surface area contributed by atoms with Crippen molar-refractivity contribution in [1.29, 1.82) is 0 Å². The van der Waals surface area contributed by atoms with Gasteiger partial charge in [0.15, 0.2) is 0 Å². The summed E-state index contributed by atoms with van der Waals surface area (Å²) in [7, 11) is -4.67. The summed E-state index contributed by atoms with van der Waals surface area (Å²) in [5.74, 6) is -0.567. The van der Waals surface area contributed by atoms with Gasteiger partial charge < -0.3 is 4.74 Å². The molecule has 0 atom stereocenters. The Bertz CT molecular complexity index is 473. The van der Waals surface area contributed by atoms with Gasteiger partial charge in [-0.3, -0.25) is 9.11 Å². The molecular weight excluding hydrogens is 331 g/mol. The Morgan fingerprint density at radius 1 is 1.11 bits per heavy atom. The van der Waals surface area contributed by atoms with Gasteiger partial charge in [-0.25, -0.2) is 4.79 Å². The minimum atomic E-state index is -4.67. The predicted molar refractivity (Wildman–Crippen MR) is 66.5 cm³/mol. The number of benzene rings is 1. The first-order valence-corrected chi connectivity index (χ1v) is 6.57. The Balaban J connectivity index is 0.000000494. The molecule has 0 heterocycles. The van der Waals surface area contributed by atoms with Crippen LogP contribution in [0.15, 0.2) is 30.3 Å². The molecule has 0 aromatic heterocycles. The van der Waals surface area contributed by atoms with E-state index in [4.69, 9.17) is 57.1 Å². The third-order valence-corrected chi connectivity index (χ3v) is 1.65. The van der Waals surface area contributed by atoms with E-state index in [2.05, 4.69) is 0 Å². The Hall–Kier alpha value is -0.570. The minimum absolute atomic E-state index is 0.346. The number of esters is 1. The number of carbonyl (C=O) groups is 1. The molecule has 10 heteroatoms. The second-order valence-corrected chi connectivity index (χ2v) is 5.83. The smallest absolute Gasteiger partial charge is 0.394 e. The zero-order chi connectivity index (χ0) is 14.4. The zero-order valence-electron chi connectivity index (χ0n) is 8.46. The van der Waals surface area contributed by atoms with Crippen molar-refractivity contribution < 1.29 is 27.1 Å². The topological polar surface area (TPSA) is 101 Å². The number of para-hydroxylation sites is 1. The lowest BCUT2D eigenvalue weighted by Gasteiger charge is -2.09. The van der Waals surface area contributed by atoms with Crippen molar-refractivity contribution in [3.8, 4) is 5.75 Å². The molecule has 6 nitrogen and oxygen atoms in total. The van der Waals surface area contributed by atoms with Gasteiger partial charge in [0.05, 0.1) is 0 Å². The predicted octanol–water partition coefficient (Wildman–Crippen LogP) is 2.31. The van der Waals surface area contributed by atoms with E-state index in [1.807, 2.05) is 0 Å². The molecule has 0 radical (unpaired) electrons. The maximum atomic E-state index is 11.0. The number of halogens is 3. The molecule has 0 fully saturated rings. The summed E-state index contributed by atoms with van der Waals surface area (Å²) in [4.78, 5) is 11.0. The molecule has 102 valence electrons. The van der Waals surface area contributed by atoms with Crippen LogP contribution in [-0.2, 0) is 15.2 Å². The number of rotatable bonds is 1. The quantitative estimate of drug-likeness (QED) is 0.353. The fourth-order valence-electron chi connectivity index (χ4n) is 0.653. The van der Waals surface area contributed by atoms with E-state index in [0.717, 1.165) is 0 Å². The molecule has 1 aromatic carbocycles. The van der Waals surface area contributed by atoms with E-state index in [1.54, 1.807) is 30.3 Å². The number of hydrogen-bond donors (Lipinski definition) is 2. The van der Waals surface area contributed by atoms with Crippen LogP contribution < -0.4 is 4.74 Å². The third kappa shape index (κ3) is 10.6. The molecule has 2 N–H and O–H groups in total. The molecule has 18 heavy (non-hydrogen) atoms. The van der Waals surface area contributed by atoms with E-state index in [-0.39, 0.29) is 0 Å². The molecule has 0 bridgehead atoms. The van der Waals surface area contributed by atoms with Gasteiger partial charge in [0.2, 0.25) is 0 Å². The van der Waals surface area contributed by atoms with Crippen molar-refractivity contribution in [2.45, 2.75) is 3.79 Å². The van der Waals surface area contributed by atoms with E-state index < -0.39 is 20.2 Å². The third-order valence-electron chi connectivity index (χ3n) is 1.19. The summed E-state index contributed by atoms with van der Waals surface area (Å²) in [5.41, 5.74) is 0. The molecule has 1 rings (SSSR count). The van der Waals surface area contributed by atoms with E-state index in [1.165, 1.54) is 0 Å². The highest BCUT2D eigenvalue weighted by Crippen LogP contribution is 2.28. The molecule has 0 aliphatic rings. The van der Waals surface area contributed by atoms with Crippen LogP contribution in [0.1, 0.15) is 0 Å². The largest absolute Gasteiger partial charge is 0.423 e. The van der Waals surface area contributed by atoms with Crippen molar-refractivity contribution >= 4 is 51.2 Å². The first-order valence-electron chi connectivity index (χ1n) is 4.04. The summed E-state index contributed by atoms with van der Waals surface area (Å²) in [5, 5.41) is 0. The van der Waals surface area contributed by atoms with Crippen molar-refractivity contribution in [2.24, 2.45) is 0 Å². The molecule has 0 saturated heterocycles. The van der Waals surface area contributed by atoms with Gasteiger partial charge in [0.1, 0.15) is 5.75 Å². The van der Waals surface area contributed by atoms with Crippen molar-refractivity contribution in [3.05, 3.63) is 30.3 Å². The van der Waals surface area contributed by atoms with Crippen LogP contribution in [0.2, 0.25) is 0 Å². The highest BCUT2D eigenvalue weighted by Gasteiger charge is 2.33. The summed E-state index contributed by atoms with van der Waals surface area (Å²) in [6.07, 6.45) is 0. The van der Waals surface area contributed by atoms with E-state index >= 15 is 0 Å². The van der Waals surface area contributed by atoms with Gasteiger partial charge in [-0.15, -0.1) is 0 Å². The average Bonchev–Trinajstić information content (AvgIpc) is 2.15. The van der Waals surface area contributed by atoms with Gasteiger partial charge >= 0.3 is 16.4 Å². The first-order chi connectivity index (χ1) is 8.00. The van der Waals surface area contributed by atoms with Crippen LogP contribution in [0.5, 0.6) is 5.75 Å². The second-order valence-electron chi connectivity index (χ2n) is 2.65. The highest BCUT2D eigenvalue weighted by atomic mass is 35.6. The van der Waals surface area contributed by atoms with Gasteiger partial charge in [0.25, 0.3) is 3.79 Å². The fourth-order valence-corrected chi connectivity index (χ4v) is 0.769. The number of hydrogen-bond acceptors (Lipinski definition) is 4. The normalized spacial score (nSPS) is 11.2. The average molecular weight is 338 g/mol. The summed E-state index contributed by atoms with van der Waals surface area (Å²) in [6.45, 7) is 0. The summed E-state index contributed by atoms with van der Waals surface area (Å²) >= 11 is 15.9. The number of carbonyl (C=O) groups excluding carboxylic acids is 1.